The zero-order valence-corrected chi connectivity index (χ0v) is 20.1. The van der Waals surface area contributed by atoms with E-state index in [0.717, 1.165) is 5.57 Å². The predicted octanol–water partition coefficient (Wildman–Crippen LogP) is 2.20. The summed E-state index contributed by atoms with van der Waals surface area (Å²) in [5.74, 6) is -3.14. The van der Waals surface area contributed by atoms with Crippen LogP contribution in [0.3, 0.4) is 0 Å². The molecule has 9 heteroatoms. The third-order valence-corrected chi connectivity index (χ3v) is 9.52. The highest BCUT2D eigenvalue weighted by Crippen LogP contribution is 2.78. The van der Waals surface area contributed by atoms with E-state index in [1.54, 1.807) is 6.92 Å². The summed E-state index contributed by atoms with van der Waals surface area (Å²) in [6, 6.07) is 0. The molecule has 0 aromatic heterocycles. The van der Waals surface area contributed by atoms with Crippen LogP contribution >= 0.6 is 11.6 Å². The normalized spacial score (nSPS) is 51.8. The van der Waals surface area contributed by atoms with Gasteiger partial charge in [-0.25, -0.2) is 0 Å². The molecule has 0 aromatic rings. The quantitative estimate of drug-likeness (QED) is 0.277. The van der Waals surface area contributed by atoms with Crippen LogP contribution in [0.5, 0.6) is 0 Å². The maximum absolute atomic E-state index is 12.9. The van der Waals surface area contributed by atoms with Crippen LogP contribution in [0.2, 0.25) is 0 Å². The Morgan fingerprint density at radius 3 is 2.58 bits per heavy atom. The van der Waals surface area contributed by atoms with E-state index in [1.807, 2.05) is 19.9 Å². The van der Waals surface area contributed by atoms with Crippen LogP contribution in [0, 0.1) is 17.3 Å². The van der Waals surface area contributed by atoms with E-state index in [9.17, 15) is 19.5 Å². The number of carbonyl (C=O) groups is 3. The van der Waals surface area contributed by atoms with Crippen molar-refractivity contribution in [3.63, 3.8) is 0 Å². The maximum Gasteiger partial charge on any atom is 0.312 e. The minimum Gasteiger partial charge on any atom is -0.461 e. The molecular formula is C24H29ClO8. The molecule has 2 bridgehead atoms. The lowest BCUT2D eigenvalue weighted by molar-refractivity contribution is -0.454. The third kappa shape index (κ3) is 2.24. The van der Waals surface area contributed by atoms with Gasteiger partial charge in [-0.05, 0) is 19.4 Å². The number of alkyl halides is 1. The van der Waals surface area contributed by atoms with Crippen molar-refractivity contribution in [1.29, 1.82) is 0 Å². The van der Waals surface area contributed by atoms with E-state index >= 15 is 0 Å². The van der Waals surface area contributed by atoms with Crippen molar-refractivity contribution in [1.82, 2.24) is 0 Å². The second kappa shape index (κ2) is 6.61. The molecule has 1 N–H and O–H groups in total. The van der Waals surface area contributed by atoms with Gasteiger partial charge in [0.25, 0.3) is 0 Å². The molecular weight excluding hydrogens is 452 g/mol. The van der Waals surface area contributed by atoms with Crippen LogP contribution < -0.4 is 0 Å². The highest BCUT2D eigenvalue weighted by Gasteiger charge is 2.94. The molecule has 0 aromatic carbocycles. The summed E-state index contributed by atoms with van der Waals surface area (Å²) in [6.07, 6.45) is 0.0161. The Morgan fingerprint density at radius 1 is 1.30 bits per heavy atom. The van der Waals surface area contributed by atoms with E-state index in [2.05, 4.69) is 6.58 Å². The molecule has 0 amide bonds. The number of esters is 3. The number of rotatable bonds is 2. The molecule has 8 nitrogen and oxygen atoms in total. The molecule has 3 heterocycles. The lowest BCUT2D eigenvalue weighted by Crippen LogP contribution is -2.96. The van der Waals surface area contributed by atoms with Crippen molar-refractivity contribution < 1.29 is 38.4 Å². The molecule has 5 aliphatic rings. The van der Waals surface area contributed by atoms with Gasteiger partial charge in [0.2, 0.25) is 0 Å². The Labute approximate surface area is 197 Å². The van der Waals surface area contributed by atoms with Crippen LogP contribution in [-0.2, 0) is 33.3 Å². The summed E-state index contributed by atoms with van der Waals surface area (Å²) >= 11 is 6.73. The molecule has 1 saturated carbocycles. The van der Waals surface area contributed by atoms with Gasteiger partial charge in [-0.2, -0.15) is 0 Å². The molecule has 0 unspecified atom stereocenters. The number of hydrogen-bond acceptors (Lipinski definition) is 8. The fourth-order valence-electron chi connectivity index (χ4n) is 7.84. The van der Waals surface area contributed by atoms with E-state index < -0.39 is 75.7 Å². The number of halogens is 1. The van der Waals surface area contributed by atoms with Crippen LogP contribution in [0.15, 0.2) is 23.8 Å². The summed E-state index contributed by atoms with van der Waals surface area (Å²) in [5.41, 5.74) is -4.62. The smallest absolute Gasteiger partial charge is 0.312 e. The van der Waals surface area contributed by atoms with Crippen molar-refractivity contribution in [3.05, 3.63) is 23.8 Å². The average molecular weight is 481 g/mol. The number of hydrogen-bond donors (Lipinski definition) is 1. The molecule has 10 atom stereocenters. The monoisotopic (exact) mass is 480 g/mol. The van der Waals surface area contributed by atoms with Crippen LogP contribution in [0.4, 0.5) is 0 Å². The maximum atomic E-state index is 12.9. The van der Waals surface area contributed by atoms with Gasteiger partial charge in [0.1, 0.15) is 11.7 Å². The van der Waals surface area contributed by atoms with Gasteiger partial charge in [-0.1, -0.05) is 25.2 Å². The predicted molar refractivity (Wildman–Crippen MR) is 115 cm³/mol. The Balaban J connectivity index is 1.81. The van der Waals surface area contributed by atoms with Gasteiger partial charge in [0, 0.05) is 32.6 Å². The number of aliphatic hydroxyl groups is 1. The minimum atomic E-state index is -1.86. The van der Waals surface area contributed by atoms with E-state index in [-0.39, 0.29) is 6.42 Å². The summed E-state index contributed by atoms with van der Waals surface area (Å²) in [5, 5.41) is 12.0. The fourth-order valence-corrected chi connectivity index (χ4v) is 8.21. The Morgan fingerprint density at radius 2 is 1.97 bits per heavy atom. The molecule has 3 saturated heterocycles. The summed E-state index contributed by atoms with van der Waals surface area (Å²) in [6.45, 7) is 12.1. The number of carbonyl (C=O) groups excluding carboxylic acids is 3. The van der Waals surface area contributed by atoms with Crippen molar-refractivity contribution in [3.8, 4) is 0 Å². The van der Waals surface area contributed by atoms with Crippen molar-refractivity contribution in [2.75, 3.05) is 0 Å². The largest absolute Gasteiger partial charge is 0.461 e. The molecule has 0 radical (unpaired) electrons. The first kappa shape index (κ1) is 22.9. The molecule has 33 heavy (non-hydrogen) atoms. The Bertz CT molecular complexity index is 1020. The zero-order valence-electron chi connectivity index (χ0n) is 19.3. The van der Waals surface area contributed by atoms with Gasteiger partial charge >= 0.3 is 17.9 Å². The van der Waals surface area contributed by atoms with Crippen LogP contribution in [0.1, 0.15) is 47.5 Å². The third-order valence-electron chi connectivity index (χ3n) is 9.01. The van der Waals surface area contributed by atoms with Gasteiger partial charge in [0.05, 0.1) is 22.8 Å². The number of fused-ring (bicyclic) bond motifs is 5. The topological polar surface area (TPSA) is 108 Å². The first-order valence-electron chi connectivity index (χ1n) is 11.3. The SMILES string of the molecule is C=C1[C@@H]2C[C@@]3(OC(C)=O)[C@@]4(C)[C@@H](OC(C)=O)CC=C(C)[C@@H]4[C@@]3(O)[C@]3(O2)[C@@H](C)C(=O)O[C@H]3[C@H]1Cl. The van der Waals surface area contributed by atoms with Gasteiger partial charge in [-0.15, -0.1) is 11.6 Å². The summed E-state index contributed by atoms with van der Waals surface area (Å²) in [7, 11) is 0. The standard InChI is InChI=1S/C24H29ClO8/c1-10-7-8-16(30-13(4)26)21(6)18(10)24(29)22(21,32-14(5)27)9-15-11(2)17(25)19-23(24,33-15)12(3)20(28)31-19/h7,12,15-19,29H,2,8-9H2,1,3-6H3/t12-,15-,16-,17-,18-,19-,21-,22+,23-,24-/m0/s1. The summed E-state index contributed by atoms with van der Waals surface area (Å²) in [4.78, 5) is 37.4. The molecule has 5 rings (SSSR count). The van der Waals surface area contributed by atoms with Crippen molar-refractivity contribution in [2.24, 2.45) is 17.3 Å². The van der Waals surface area contributed by atoms with Crippen molar-refractivity contribution >= 4 is 29.5 Å². The lowest BCUT2D eigenvalue weighted by atomic mass is 9.30. The highest BCUT2D eigenvalue weighted by atomic mass is 35.5. The first-order valence-corrected chi connectivity index (χ1v) is 11.7. The summed E-state index contributed by atoms with van der Waals surface area (Å²) < 4.78 is 24.0. The van der Waals surface area contributed by atoms with E-state index in [0.29, 0.717) is 12.0 Å². The molecule has 180 valence electrons. The first-order chi connectivity index (χ1) is 15.3. The molecule has 4 fully saturated rings. The highest BCUT2D eigenvalue weighted by molar-refractivity contribution is 6.23. The van der Waals surface area contributed by atoms with Crippen LogP contribution in [-0.4, -0.2) is 63.5 Å². The lowest BCUT2D eigenvalue weighted by Gasteiger charge is -2.80. The fraction of sp³-hybridized carbons (Fsp3) is 0.708. The van der Waals surface area contributed by atoms with E-state index in [4.69, 9.17) is 30.5 Å². The molecule has 1 spiro atoms. The number of ether oxygens (including phenoxy) is 4. The second-order valence-corrected chi connectivity index (χ2v) is 10.8. The Hall–Kier alpha value is -1.90. The van der Waals surface area contributed by atoms with E-state index in [1.165, 1.54) is 13.8 Å². The van der Waals surface area contributed by atoms with Crippen LogP contribution in [0.25, 0.3) is 0 Å². The van der Waals surface area contributed by atoms with Gasteiger partial charge in [-0.3, -0.25) is 14.4 Å². The average Bonchev–Trinajstić information content (AvgIpc) is 2.97. The second-order valence-electron chi connectivity index (χ2n) is 10.3. The molecule has 2 aliphatic carbocycles. The Kier molecular flexibility index (Phi) is 4.58. The minimum absolute atomic E-state index is 0.0680. The van der Waals surface area contributed by atoms with Crippen molar-refractivity contribution in [2.45, 2.75) is 88.0 Å². The van der Waals surface area contributed by atoms with Gasteiger partial charge in [0.15, 0.2) is 17.3 Å². The molecule has 3 aliphatic heterocycles. The van der Waals surface area contributed by atoms with Gasteiger partial charge < -0.3 is 24.1 Å². The zero-order chi connectivity index (χ0) is 24.3.